The van der Waals surface area contributed by atoms with Gasteiger partial charge in [-0.3, -0.25) is 9.69 Å². The lowest BCUT2D eigenvalue weighted by molar-refractivity contribution is -0.114. The van der Waals surface area contributed by atoms with Crippen LogP contribution >= 0.6 is 0 Å². The molecule has 1 unspecified atom stereocenters. The van der Waals surface area contributed by atoms with Crippen LogP contribution < -0.4 is 19.9 Å². The van der Waals surface area contributed by atoms with Gasteiger partial charge < -0.3 is 19.3 Å². The van der Waals surface area contributed by atoms with Crippen molar-refractivity contribution < 1.29 is 24.1 Å². The summed E-state index contributed by atoms with van der Waals surface area (Å²) in [6.45, 7) is 4.94. The zero-order valence-electron chi connectivity index (χ0n) is 21.3. The first-order valence-electron chi connectivity index (χ1n) is 13.7. The van der Waals surface area contributed by atoms with Crippen LogP contribution in [0.3, 0.4) is 0 Å². The van der Waals surface area contributed by atoms with E-state index in [1.165, 1.54) is 38.8 Å². The molecule has 2 aromatic rings. The number of benzene rings is 2. The highest BCUT2D eigenvalue weighted by Crippen LogP contribution is 2.37. The fourth-order valence-electron chi connectivity index (χ4n) is 6.03. The predicted molar refractivity (Wildman–Crippen MR) is 142 cm³/mol. The molecular weight excluding hydrogens is 466 g/mol. The van der Waals surface area contributed by atoms with E-state index in [1.54, 1.807) is 12.1 Å². The van der Waals surface area contributed by atoms with Gasteiger partial charge in [0.1, 0.15) is 23.9 Å². The van der Waals surface area contributed by atoms with Crippen molar-refractivity contribution in [2.24, 2.45) is 0 Å². The number of phenolic OH excluding ortho intramolecular Hbond substituents is 1. The van der Waals surface area contributed by atoms with Crippen LogP contribution in [0.15, 0.2) is 42.0 Å². The van der Waals surface area contributed by atoms with E-state index in [0.29, 0.717) is 31.5 Å². The monoisotopic (exact) mass is 501 g/mol. The number of allylic oxidation sites excluding steroid dienone is 1. The Morgan fingerprint density at radius 2 is 1.89 bits per heavy atom. The van der Waals surface area contributed by atoms with Crippen molar-refractivity contribution in [1.29, 1.82) is 0 Å². The van der Waals surface area contributed by atoms with E-state index in [-0.39, 0.29) is 24.1 Å². The minimum absolute atomic E-state index is 0.0297. The molecule has 1 aliphatic carbocycles. The largest absolute Gasteiger partial charge is 0.507 e. The normalized spacial score (nSPS) is 21.8. The van der Waals surface area contributed by atoms with Crippen molar-refractivity contribution in [1.82, 2.24) is 4.90 Å². The summed E-state index contributed by atoms with van der Waals surface area (Å²) in [4.78, 5) is 15.4. The number of likely N-dealkylation sites (tertiary alicyclic amines) is 1. The van der Waals surface area contributed by atoms with E-state index in [4.69, 9.17) is 14.2 Å². The molecule has 6 heteroatoms. The van der Waals surface area contributed by atoms with Crippen LogP contribution in [0.2, 0.25) is 0 Å². The Hall–Kier alpha value is -3.09. The number of hydrogen-bond donors (Lipinski definition) is 1. The molecular formula is C31H35NO5. The summed E-state index contributed by atoms with van der Waals surface area (Å²) in [6, 6.07) is 9.89. The molecule has 6 nitrogen and oxygen atoms in total. The Kier molecular flexibility index (Phi) is 7.03. The van der Waals surface area contributed by atoms with Gasteiger partial charge in [-0.05, 0) is 66.9 Å². The minimum Gasteiger partial charge on any atom is -0.507 e. The highest BCUT2D eigenvalue weighted by atomic mass is 16.5. The third kappa shape index (κ3) is 5.18. The fourth-order valence-corrected chi connectivity index (χ4v) is 6.03. The van der Waals surface area contributed by atoms with Crippen molar-refractivity contribution in [2.75, 3.05) is 39.5 Å². The molecule has 2 aromatic carbocycles. The van der Waals surface area contributed by atoms with E-state index in [2.05, 4.69) is 23.1 Å². The number of ketones is 1. The molecule has 194 valence electrons. The summed E-state index contributed by atoms with van der Waals surface area (Å²) in [5.41, 5.74) is 3.66. The van der Waals surface area contributed by atoms with Gasteiger partial charge in [0.2, 0.25) is 0 Å². The summed E-state index contributed by atoms with van der Waals surface area (Å²) >= 11 is 0. The summed E-state index contributed by atoms with van der Waals surface area (Å²) in [7, 11) is 0. The van der Waals surface area contributed by atoms with Crippen molar-refractivity contribution in [3.05, 3.63) is 63.5 Å². The van der Waals surface area contributed by atoms with Gasteiger partial charge in [0, 0.05) is 41.8 Å². The second kappa shape index (κ2) is 10.7. The zero-order chi connectivity index (χ0) is 25.2. The van der Waals surface area contributed by atoms with Crippen molar-refractivity contribution in [3.63, 3.8) is 0 Å². The minimum atomic E-state index is -0.153. The first-order valence-corrected chi connectivity index (χ1v) is 13.7. The second-order valence-electron chi connectivity index (χ2n) is 10.5. The van der Waals surface area contributed by atoms with Gasteiger partial charge in [0.25, 0.3) is 0 Å². The molecule has 37 heavy (non-hydrogen) atoms. The highest BCUT2D eigenvalue weighted by molar-refractivity contribution is 5.97. The SMILES string of the molecule is O=C1C=C2CC(c3ccc(OCCN4CCCCCC4)cc3)OCC2=c2c(O)cc3c(c2C1)OCCC=3. The number of fused-ring (bicyclic) bond motifs is 4. The molecule has 0 spiro atoms. The lowest BCUT2D eigenvalue weighted by Crippen LogP contribution is -2.29. The Balaban J connectivity index is 1.18. The molecule has 2 fully saturated rings. The molecule has 2 saturated heterocycles. The predicted octanol–water partition coefficient (Wildman–Crippen LogP) is 3.57. The Bertz CT molecular complexity index is 1320. The number of carbonyl (C=O) groups excluding carboxylic acids is 1. The number of ether oxygens (including phenoxy) is 3. The van der Waals surface area contributed by atoms with Crippen molar-refractivity contribution in [2.45, 2.75) is 51.0 Å². The Morgan fingerprint density at radius 1 is 1.08 bits per heavy atom. The smallest absolute Gasteiger partial charge is 0.160 e. The number of carbonyl (C=O) groups is 1. The van der Waals surface area contributed by atoms with Crippen LogP contribution in [0, 0.1) is 0 Å². The number of rotatable bonds is 5. The van der Waals surface area contributed by atoms with Crippen LogP contribution in [-0.4, -0.2) is 55.2 Å². The Morgan fingerprint density at radius 3 is 2.70 bits per heavy atom. The molecule has 0 amide bonds. The fraction of sp³-hybridized carbons (Fsp3) is 0.452. The maximum atomic E-state index is 12.9. The molecule has 0 bridgehead atoms. The molecule has 6 rings (SSSR count). The third-order valence-electron chi connectivity index (χ3n) is 7.95. The maximum absolute atomic E-state index is 12.9. The highest BCUT2D eigenvalue weighted by Gasteiger charge is 2.29. The van der Waals surface area contributed by atoms with Crippen LogP contribution in [0.25, 0.3) is 11.6 Å². The topological polar surface area (TPSA) is 68.2 Å². The summed E-state index contributed by atoms with van der Waals surface area (Å²) in [6.07, 6.45) is 10.5. The lowest BCUT2D eigenvalue weighted by Gasteiger charge is -2.28. The van der Waals surface area contributed by atoms with Crippen molar-refractivity contribution >= 4 is 17.4 Å². The number of nitrogens with zero attached hydrogens (tertiary/aromatic N) is 1. The van der Waals surface area contributed by atoms with E-state index < -0.39 is 0 Å². The standard InChI is InChI=1S/C31H35NO5/c33-24-16-23-18-29(21-7-9-25(10-8-21)35-15-13-32-11-3-1-2-4-12-32)37-20-27(23)30-26(19-24)31-22(17-28(30)34)6-5-14-36-31/h6-10,16-17,29,34H,1-5,11-15,18-20H2. The number of aromatic hydroxyl groups is 1. The van der Waals surface area contributed by atoms with Gasteiger partial charge in [0.05, 0.1) is 19.3 Å². The summed E-state index contributed by atoms with van der Waals surface area (Å²) in [5.74, 6) is 1.81. The molecule has 0 radical (unpaired) electrons. The maximum Gasteiger partial charge on any atom is 0.160 e. The van der Waals surface area contributed by atoms with Gasteiger partial charge in [-0.2, -0.15) is 0 Å². The van der Waals surface area contributed by atoms with E-state index in [0.717, 1.165) is 52.0 Å². The molecule has 4 aliphatic rings. The van der Waals surface area contributed by atoms with Gasteiger partial charge in [0.15, 0.2) is 5.78 Å². The van der Waals surface area contributed by atoms with E-state index >= 15 is 0 Å². The molecule has 1 N–H and O–H groups in total. The molecule has 3 heterocycles. The van der Waals surface area contributed by atoms with E-state index in [1.807, 2.05) is 12.1 Å². The molecule has 0 aromatic heterocycles. The van der Waals surface area contributed by atoms with Gasteiger partial charge in [-0.25, -0.2) is 0 Å². The summed E-state index contributed by atoms with van der Waals surface area (Å²) in [5, 5.41) is 12.5. The van der Waals surface area contributed by atoms with Gasteiger partial charge >= 0.3 is 0 Å². The molecule has 1 atom stereocenters. The quantitative estimate of drug-likeness (QED) is 0.676. The van der Waals surface area contributed by atoms with Crippen molar-refractivity contribution in [3.8, 4) is 17.2 Å². The van der Waals surface area contributed by atoms with Gasteiger partial charge in [-0.1, -0.05) is 31.1 Å². The average Bonchev–Trinajstić information content (AvgIpc) is 3.26. The first kappa shape index (κ1) is 24.3. The number of hydrogen-bond acceptors (Lipinski definition) is 6. The zero-order valence-corrected chi connectivity index (χ0v) is 21.3. The third-order valence-corrected chi connectivity index (χ3v) is 7.95. The number of phenols is 1. The van der Waals surface area contributed by atoms with E-state index in [9.17, 15) is 9.90 Å². The van der Waals surface area contributed by atoms with Crippen LogP contribution in [0.4, 0.5) is 0 Å². The Labute approximate surface area is 217 Å². The molecule has 3 aliphatic heterocycles. The first-order chi connectivity index (χ1) is 18.2. The molecule has 0 saturated carbocycles. The summed E-state index contributed by atoms with van der Waals surface area (Å²) < 4.78 is 18.3. The van der Waals surface area contributed by atoms with Crippen LogP contribution in [0.1, 0.15) is 55.8 Å². The lowest BCUT2D eigenvalue weighted by atomic mass is 9.91. The second-order valence-corrected chi connectivity index (χ2v) is 10.5. The van der Waals surface area contributed by atoms with Crippen LogP contribution in [-0.2, 0) is 16.0 Å². The van der Waals surface area contributed by atoms with Crippen LogP contribution in [0.5, 0.6) is 17.2 Å². The van der Waals surface area contributed by atoms with Gasteiger partial charge in [-0.15, -0.1) is 0 Å². The average molecular weight is 502 g/mol.